The lowest BCUT2D eigenvalue weighted by Gasteiger charge is -2.26. The Hall–Kier alpha value is -2.58. The molecule has 0 heterocycles. The van der Waals surface area contributed by atoms with Gasteiger partial charge in [0.15, 0.2) is 0 Å². The van der Waals surface area contributed by atoms with Gasteiger partial charge in [-0.05, 0) is 66.6 Å². The van der Waals surface area contributed by atoms with Crippen LogP contribution < -0.4 is 4.90 Å². The summed E-state index contributed by atoms with van der Waals surface area (Å²) in [5, 5.41) is 3.40. The number of rotatable bonds is 4. The summed E-state index contributed by atoms with van der Waals surface area (Å²) in [5.41, 5.74) is 7.33. The second-order valence-corrected chi connectivity index (χ2v) is 7.57. The van der Waals surface area contributed by atoms with Gasteiger partial charge in [0, 0.05) is 22.4 Å². The van der Waals surface area contributed by atoms with Gasteiger partial charge >= 0.3 is 0 Å². The second-order valence-electron chi connectivity index (χ2n) is 7.01. The molecule has 27 heavy (non-hydrogen) atoms. The summed E-state index contributed by atoms with van der Waals surface area (Å²) in [7, 11) is 0. The SMILES string of the molecule is Cc1ccc(N(c2ccc(C)cc2)c2ccc3cc(CBr)ccc3c2)cc1. The van der Waals surface area contributed by atoms with Gasteiger partial charge < -0.3 is 4.90 Å². The molecule has 4 aromatic carbocycles. The highest BCUT2D eigenvalue weighted by atomic mass is 79.9. The smallest absolute Gasteiger partial charge is 0.0468 e. The van der Waals surface area contributed by atoms with Gasteiger partial charge in [0.2, 0.25) is 0 Å². The maximum absolute atomic E-state index is 3.55. The number of alkyl halides is 1. The number of halogens is 1. The van der Waals surface area contributed by atoms with E-state index in [1.165, 1.54) is 44.5 Å². The molecule has 0 aliphatic heterocycles. The maximum Gasteiger partial charge on any atom is 0.0468 e. The van der Waals surface area contributed by atoms with Crippen molar-refractivity contribution in [3.8, 4) is 0 Å². The van der Waals surface area contributed by atoms with Crippen molar-refractivity contribution >= 4 is 43.8 Å². The molecule has 0 bridgehead atoms. The molecule has 4 rings (SSSR count). The van der Waals surface area contributed by atoms with E-state index in [0.29, 0.717) is 0 Å². The Labute approximate surface area is 169 Å². The predicted octanol–water partition coefficient (Wildman–Crippen LogP) is 7.82. The topological polar surface area (TPSA) is 3.24 Å². The summed E-state index contributed by atoms with van der Waals surface area (Å²) in [4.78, 5) is 2.32. The summed E-state index contributed by atoms with van der Waals surface area (Å²) in [6.07, 6.45) is 0. The Morgan fingerprint density at radius 3 is 1.63 bits per heavy atom. The number of benzene rings is 4. The van der Waals surface area contributed by atoms with Crippen molar-refractivity contribution in [3.05, 3.63) is 102 Å². The zero-order valence-electron chi connectivity index (χ0n) is 15.6. The fraction of sp³-hybridized carbons (Fsp3) is 0.120. The Morgan fingerprint density at radius 2 is 1.07 bits per heavy atom. The summed E-state index contributed by atoms with van der Waals surface area (Å²) in [5.74, 6) is 0. The van der Waals surface area contributed by atoms with E-state index in [2.05, 4.69) is 120 Å². The normalized spacial score (nSPS) is 10.9. The van der Waals surface area contributed by atoms with Crippen LogP contribution in [0.1, 0.15) is 16.7 Å². The molecule has 0 amide bonds. The molecule has 0 fully saturated rings. The van der Waals surface area contributed by atoms with Crippen LogP contribution in [-0.4, -0.2) is 0 Å². The van der Waals surface area contributed by atoms with Crippen LogP contribution in [0.2, 0.25) is 0 Å². The number of fused-ring (bicyclic) bond motifs is 1. The van der Waals surface area contributed by atoms with Gasteiger partial charge in [0.25, 0.3) is 0 Å². The first-order valence-corrected chi connectivity index (χ1v) is 10.3. The molecular weight excluding hydrogens is 394 g/mol. The Morgan fingerprint density at radius 1 is 0.593 bits per heavy atom. The van der Waals surface area contributed by atoms with Crippen LogP contribution in [0.15, 0.2) is 84.9 Å². The Bertz CT molecular complexity index is 1020. The number of nitrogens with zero attached hydrogens (tertiary/aromatic N) is 1. The lowest BCUT2D eigenvalue weighted by atomic mass is 10.1. The molecule has 1 nitrogen and oxygen atoms in total. The first kappa shape index (κ1) is 17.8. The van der Waals surface area contributed by atoms with Gasteiger partial charge in [0.1, 0.15) is 0 Å². The van der Waals surface area contributed by atoms with Crippen molar-refractivity contribution in [2.45, 2.75) is 19.2 Å². The highest BCUT2D eigenvalue weighted by Crippen LogP contribution is 2.36. The summed E-state index contributed by atoms with van der Waals surface area (Å²) < 4.78 is 0. The van der Waals surface area contributed by atoms with Crippen LogP contribution in [0.25, 0.3) is 10.8 Å². The lowest BCUT2D eigenvalue weighted by molar-refractivity contribution is 1.27. The number of anilines is 3. The minimum Gasteiger partial charge on any atom is -0.310 e. The molecule has 4 aromatic rings. The van der Waals surface area contributed by atoms with E-state index in [-0.39, 0.29) is 0 Å². The number of hydrogen-bond acceptors (Lipinski definition) is 1. The van der Waals surface area contributed by atoms with Gasteiger partial charge in [-0.25, -0.2) is 0 Å². The number of aryl methyl sites for hydroxylation is 2. The molecular formula is C25H22BrN. The van der Waals surface area contributed by atoms with E-state index in [1.807, 2.05) is 0 Å². The van der Waals surface area contributed by atoms with Crippen molar-refractivity contribution in [2.75, 3.05) is 4.90 Å². The molecule has 0 saturated heterocycles. The third-order valence-electron chi connectivity index (χ3n) is 4.89. The van der Waals surface area contributed by atoms with E-state index in [1.54, 1.807) is 0 Å². The summed E-state index contributed by atoms with van der Waals surface area (Å²) in [6, 6.07) is 30.7. The van der Waals surface area contributed by atoms with Crippen LogP contribution in [0.5, 0.6) is 0 Å². The molecule has 0 spiro atoms. The van der Waals surface area contributed by atoms with Crippen LogP contribution >= 0.6 is 15.9 Å². The Balaban J connectivity index is 1.85. The van der Waals surface area contributed by atoms with Gasteiger partial charge in [-0.2, -0.15) is 0 Å². The van der Waals surface area contributed by atoms with Crippen LogP contribution in [0.4, 0.5) is 17.1 Å². The van der Waals surface area contributed by atoms with Crippen LogP contribution in [-0.2, 0) is 5.33 Å². The van der Waals surface area contributed by atoms with E-state index < -0.39 is 0 Å². The fourth-order valence-electron chi connectivity index (χ4n) is 3.34. The average molecular weight is 416 g/mol. The van der Waals surface area contributed by atoms with Crippen molar-refractivity contribution in [1.82, 2.24) is 0 Å². The lowest BCUT2D eigenvalue weighted by Crippen LogP contribution is -2.09. The monoisotopic (exact) mass is 415 g/mol. The Kier molecular flexibility index (Phi) is 5.00. The molecule has 0 aliphatic rings. The van der Waals surface area contributed by atoms with Gasteiger partial charge in [-0.15, -0.1) is 0 Å². The zero-order valence-corrected chi connectivity index (χ0v) is 17.2. The molecule has 0 aliphatic carbocycles. The van der Waals surface area contributed by atoms with E-state index in [9.17, 15) is 0 Å². The molecule has 2 heteroatoms. The molecule has 0 unspecified atom stereocenters. The fourth-order valence-corrected chi connectivity index (χ4v) is 3.69. The summed E-state index contributed by atoms with van der Waals surface area (Å²) in [6.45, 7) is 4.25. The standard InChI is InChI=1S/C25H22BrN/c1-18-3-10-23(11-4-18)27(24-12-5-19(2)6-13-24)25-14-9-21-15-20(17-26)7-8-22(21)16-25/h3-16H,17H2,1-2H3. The highest BCUT2D eigenvalue weighted by molar-refractivity contribution is 9.08. The molecule has 0 aromatic heterocycles. The predicted molar refractivity (Wildman–Crippen MR) is 121 cm³/mol. The van der Waals surface area contributed by atoms with Crippen LogP contribution in [0.3, 0.4) is 0 Å². The average Bonchev–Trinajstić information content (AvgIpc) is 2.70. The van der Waals surface area contributed by atoms with Crippen LogP contribution in [0, 0.1) is 13.8 Å². The van der Waals surface area contributed by atoms with Crippen molar-refractivity contribution in [2.24, 2.45) is 0 Å². The van der Waals surface area contributed by atoms with Gasteiger partial charge in [-0.3, -0.25) is 0 Å². The van der Waals surface area contributed by atoms with Crippen molar-refractivity contribution < 1.29 is 0 Å². The molecule has 0 atom stereocenters. The quantitative estimate of drug-likeness (QED) is 0.307. The van der Waals surface area contributed by atoms with Crippen molar-refractivity contribution in [3.63, 3.8) is 0 Å². The third-order valence-corrected chi connectivity index (χ3v) is 5.53. The molecule has 0 saturated carbocycles. The first-order chi connectivity index (χ1) is 13.1. The minimum absolute atomic E-state index is 0.879. The van der Waals surface area contributed by atoms with E-state index in [4.69, 9.17) is 0 Å². The summed E-state index contributed by atoms with van der Waals surface area (Å²) >= 11 is 3.55. The highest BCUT2D eigenvalue weighted by Gasteiger charge is 2.13. The largest absolute Gasteiger partial charge is 0.310 e. The van der Waals surface area contributed by atoms with Crippen molar-refractivity contribution in [1.29, 1.82) is 0 Å². The minimum atomic E-state index is 0.879. The third kappa shape index (κ3) is 3.77. The number of hydrogen-bond donors (Lipinski definition) is 0. The van der Waals surface area contributed by atoms with E-state index >= 15 is 0 Å². The van der Waals surface area contributed by atoms with Gasteiger partial charge in [0.05, 0.1) is 0 Å². The first-order valence-electron chi connectivity index (χ1n) is 9.16. The molecule has 0 N–H and O–H groups in total. The second kappa shape index (κ2) is 7.58. The molecule has 0 radical (unpaired) electrons. The van der Waals surface area contributed by atoms with Gasteiger partial charge in [-0.1, -0.05) is 75.6 Å². The molecule has 134 valence electrons. The van der Waals surface area contributed by atoms with E-state index in [0.717, 1.165) is 5.33 Å². The maximum atomic E-state index is 3.55. The zero-order chi connectivity index (χ0) is 18.8.